The minimum Gasteiger partial charge on any atom is -0.493 e. The van der Waals surface area contributed by atoms with E-state index in [0.29, 0.717) is 12.3 Å². The van der Waals surface area contributed by atoms with E-state index in [4.69, 9.17) is 4.74 Å². The summed E-state index contributed by atoms with van der Waals surface area (Å²) in [6.45, 7) is 3.40. The second kappa shape index (κ2) is 7.74. The van der Waals surface area contributed by atoms with Crippen LogP contribution in [0.25, 0.3) is 0 Å². The maximum Gasteiger partial charge on any atom is 0.387 e. The highest BCUT2D eigenvalue weighted by Gasteiger charge is 2.11. The zero-order chi connectivity index (χ0) is 14.3. The van der Waals surface area contributed by atoms with Crippen LogP contribution in [0, 0.1) is 0 Å². The summed E-state index contributed by atoms with van der Waals surface area (Å²) < 4.78 is 34.0. The quantitative estimate of drug-likeness (QED) is 0.735. The molecule has 0 aromatic heterocycles. The lowest BCUT2D eigenvalue weighted by Gasteiger charge is -2.14. The van der Waals surface area contributed by atoms with E-state index in [0.717, 1.165) is 12.0 Å². The van der Waals surface area contributed by atoms with Gasteiger partial charge in [0.2, 0.25) is 0 Å². The first-order chi connectivity index (χ1) is 9.06. The van der Waals surface area contributed by atoms with Crippen LogP contribution in [0.15, 0.2) is 30.9 Å². The number of nitrogens with one attached hydrogen (secondary N) is 1. The Hall–Kier alpha value is -1.62. The van der Waals surface area contributed by atoms with Crippen molar-refractivity contribution in [3.05, 3.63) is 36.4 Å². The van der Waals surface area contributed by atoms with E-state index in [9.17, 15) is 8.78 Å². The maximum atomic E-state index is 12.3. The summed E-state index contributed by atoms with van der Waals surface area (Å²) in [5, 5.41) is 3.26. The molecule has 0 radical (unpaired) electrons. The highest BCUT2D eigenvalue weighted by atomic mass is 19.3. The van der Waals surface area contributed by atoms with E-state index in [1.807, 2.05) is 19.1 Å². The first-order valence-electron chi connectivity index (χ1n) is 6.02. The van der Waals surface area contributed by atoms with Crippen LogP contribution in [0.3, 0.4) is 0 Å². The molecule has 1 unspecified atom stereocenters. The van der Waals surface area contributed by atoms with E-state index in [1.54, 1.807) is 12.1 Å². The molecule has 1 aromatic rings. The van der Waals surface area contributed by atoms with E-state index < -0.39 is 6.61 Å². The van der Waals surface area contributed by atoms with Gasteiger partial charge in [-0.1, -0.05) is 12.1 Å². The first-order valence-corrected chi connectivity index (χ1v) is 6.02. The van der Waals surface area contributed by atoms with Gasteiger partial charge in [0.1, 0.15) is 0 Å². The monoisotopic (exact) mass is 271 g/mol. The SMILES string of the molecule is C=CCC(C)NCc1ccc(OC)c(OC(F)F)c1. The highest BCUT2D eigenvalue weighted by Crippen LogP contribution is 2.29. The van der Waals surface area contributed by atoms with Crippen molar-refractivity contribution in [1.29, 1.82) is 0 Å². The van der Waals surface area contributed by atoms with Gasteiger partial charge in [0.05, 0.1) is 7.11 Å². The fourth-order valence-corrected chi connectivity index (χ4v) is 1.64. The predicted molar refractivity (Wildman–Crippen MR) is 70.7 cm³/mol. The standard InChI is InChI=1S/C14H19F2NO2/c1-4-5-10(2)17-9-11-6-7-12(18-3)13(8-11)19-14(15)16/h4,6-8,10,14,17H,1,5,9H2,2-3H3. The molecule has 0 fully saturated rings. The van der Waals surface area contributed by atoms with Gasteiger partial charge in [-0.15, -0.1) is 6.58 Å². The second-order valence-electron chi connectivity index (χ2n) is 4.17. The lowest BCUT2D eigenvalue weighted by Crippen LogP contribution is -2.24. The number of halogens is 2. The Labute approximate surface area is 112 Å². The summed E-state index contributed by atoms with van der Waals surface area (Å²) in [4.78, 5) is 0. The number of rotatable bonds is 8. The van der Waals surface area contributed by atoms with Crippen LogP contribution >= 0.6 is 0 Å². The van der Waals surface area contributed by atoms with Crippen molar-refractivity contribution in [2.75, 3.05) is 7.11 Å². The number of hydrogen-bond acceptors (Lipinski definition) is 3. The molecular weight excluding hydrogens is 252 g/mol. The molecule has 0 aliphatic heterocycles. The molecule has 0 saturated carbocycles. The normalized spacial score (nSPS) is 12.3. The van der Waals surface area contributed by atoms with Crippen molar-refractivity contribution < 1.29 is 18.3 Å². The molecule has 1 atom stereocenters. The maximum absolute atomic E-state index is 12.3. The molecule has 19 heavy (non-hydrogen) atoms. The van der Waals surface area contributed by atoms with Crippen molar-refractivity contribution in [3.63, 3.8) is 0 Å². The number of methoxy groups -OCH3 is 1. The van der Waals surface area contributed by atoms with Crippen molar-refractivity contribution >= 4 is 0 Å². The largest absolute Gasteiger partial charge is 0.493 e. The second-order valence-corrected chi connectivity index (χ2v) is 4.17. The summed E-state index contributed by atoms with van der Waals surface area (Å²) in [6.07, 6.45) is 2.67. The Morgan fingerprint density at radius 2 is 2.11 bits per heavy atom. The first kappa shape index (κ1) is 15.4. The van der Waals surface area contributed by atoms with E-state index in [2.05, 4.69) is 16.6 Å². The molecule has 1 N–H and O–H groups in total. The van der Waals surface area contributed by atoms with Crippen LogP contribution in [0.2, 0.25) is 0 Å². The lowest BCUT2D eigenvalue weighted by atomic mass is 10.1. The molecule has 0 heterocycles. The van der Waals surface area contributed by atoms with Gasteiger partial charge in [-0.3, -0.25) is 0 Å². The summed E-state index contributed by atoms with van der Waals surface area (Å²) >= 11 is 0. The van der Waals surface area contributed by atoms with Gasteiger partial charge in [-0.2, -0.15) is 8.78 Å². The average Bonchev–Trinajstić information content (AvgIpc) is 2.36. The summed E-state index contributed by atoms with van der Waals surface area (Å²) in [7, 11) is 1.41. The molecule has 0 spiro atoms. The molecule has 0 saturated heterocycles. The Balaban J connectivity index is 2.71. The molecule has 1 rings (SSSR count). The summed E-state index contributed by atoms with van der Waals surface area (Å²) in [5.74, 6) is 0.344. The molecule has 1 aromatic carbocycles. The van der Waals surface area contributed by atoms with Crippen molar-refractivity contribution in [1.82, 2.24) is 5.32 Å². The van der Waals surface area contributed by atoms with Gasteiger partial charge in [-0.25, -0.2) is 0 Å². The van der Waals surface area contributed by atoms with Crippen LogP contribution in [-0.4, -0.2) is 19.8 Å². The number of hydrogen-bond donors (Lipinski definition) is 1. The Morgan fingerprint density at radius 3 is 2.68 bits per heavy atom. The van der Waals surface area contributed by atoms with E-state index in [-0.39, 0.29) is 11.8 Å². The number of ether oxygens (including phenoxy) is 2. The number of alkyl halides is 2. The number of benzene rings is 1. The zero-order valence-corrected chi connectivity index (χ0v) is 11.2. The third-order valence-corrected chi connectivity index (χ3v) is 2.62. The van der Waals surface area contributed by atoms with Crippen LogP contribution in [0.1, 0.15) is 18.9 Å². The Bertz CT molecular complexity index is 410. The topological polar surface area (TPSA) is 30.5 Å². The Kier molecular flexibility index (Phi) is 6.29. The van der Waals surface area contributed by atoms with Crippen LogP contribution in [0.4, 0.5) is 8.78 Å². The van der Waals surface area contributed by atoms with Crippen LogP contribution < -0.4 is 14.8 Å². The van der Waals surface area contributed by atoms with Crippen molar-refractivity contribution in [3.8, 4) is 11.5 Å². The van der Waals surface area contributed by atoms with E-state index in [1.165, 1.54) is 7.11 Å². The average molecular weight is 271 g/mol. The van der Waals surface area contributed by atoms with E-state index >= 15 is 0 Å². The molecule has 5 heteroatoms. The van der Waals surface area contributed by atoms with Crippen LogP contribution in [-0.2, 0) is 6.54 Å². The van der Waals surface area contributed by atoms with Gasteiger partial charge in [0, 0.05) is 12.6 Å². The third-order valence-electron chi connectivity index (χ3n) is 2.62. The third kappa shape index (κ3) is 5.26. The van der Waals surface area contributed by atoms with Crippen molar-refractivity contribution in [2.45, 2.75) is 32.5 Å². The molecule has 0 aliphatic carbocycles. The van der Waals surface area contributed by atoms with Gasteiger partial charge >= 0.3 is 6.61 Å². The fraction of sp³-hybridized carbons (Fsp3) is 0.429. The lowest BCUT2D eigenvalue weighted by molar-refractivity contribution is -0.0512. The summed E-state index contributed by atoms with van der Waals surface area (Å²) in [5.41, 5.74) is 0.854. The molecule has 0 amide bonds. The van der Waals surface area contributed by atoms with Crippen molar-refractivity contribution in [2.24, 2.45) is 0 Å². The van der Waals surface area contributed by atoms with Gasteiger partial charge < -0.3 is 14.8 Å². The molecule has 3 nitrogen and oxygen atoms in total. The highest BCUT2D eigenvalue weighted by molar-refractivity contribution is 5.43. The predicted octanol–water partition coefficient (Wildman–Crippen LogP) is 3.35. The molecule has 106 valence electrons. The van der Waals surface area contributed by atoms with Gasteiger partial charge in [-0.05, 0) is 31.0 Å². The molecule has 0 bridgehead atoms. The van der Waals surface area contributed by atoms with Gasteiger partial charge in [0.15, 0.2) is 11.5 Å². The molecular formula is C14H19F2NO2. The fourth-order valence-electron chi connectivity index (χ4n) is 1.64. The van der Waals surface area contributed by atoms with Crippen LogP contribution in [0.5, 0.6) is 11.5 Å². The van der Waals surface area contributed by atoms with Gasteiger partial charge in [0.25, 0.3) is 0 Å². The summed E-state index contributed by atoms with van der Waals surface area (Å²) in [6, 6.07) is 5.26. The molecule has 0 aliphatic rings. The smallest absolute Gasteiger partial charge is 0.387 e. The minimum atomic E-state index is -2.86. The zero-order valence-electron chi connectivity index (χ0n) is 11.2. The Morgan fingerprint density at radius 1 is 1.37 bits per heavy atom. The minimum absolute atomic E-state index is 0.0492.